The van der Waals surface area contributed by atoms with E-state index in [0.717, 1.165) is 60.6 Å². The summed E-state index contributed by atoms with van der Waals surface area (Å²) in [7, 11) is 0. The number of amides is 1. The highest BCUT2D eigenvalue weighted by Crippen LogP contribution is 2.29. The number of oxazole rings is 1. The van der Waals surface area contributed by atoms with Gasteiger partial charge in [-0.25, -0.2) is 4.98 Å². The van der Waals surface area contributed by atoms with Gasteiger partial charge >= 0.3 is 0 Å². The molecule has 0 bridgehead atoms. The second kappa shape index (κ2) is 7.44. The molecule has 142 valence electrons. The summed E-state index contributed by atoms with van der Waals surface area (Å²) >= 11 is 0. The Morgan fingerprint density at radius 2 is 2.15 bits per heavy atom. The van der Waals surface area contributed by atoms with Crippen LogP contribution in [0, 0.1) is 6.92 Å². The van der Waals surface area contributed by atoms with Gasteiger partial charge in [0.25, 0.3) is 0 Å². The summed E-state index contributed by atoms with van der Waals surface area (Å²) in [5.74, 6) is 1.40. The summed E-state index contributed by atoms with van der Waals surface area (Å²) in [6, 6.07) is 7.91. The lowest BCUT2D eigenvalue weighted by molar-refractivity contribution is -0.118. The maximum absolute atomic E-state index is 11.2. The van der Waals surface area contributed by atoms with Crippen molar-refractivity contribution in [2.45, 2.75) is 39.0 Å². The number of nitrogens with zero attached hydrogens (tertiary/aromatic N) is 3. The third-order valence-corrected chi connectivity index (χ3v) is 5.15. The normalized spacial score (nSPS) is 16.0. The second-order valence-corrected chi connectivity index (χ2v) is 7.05. The van der Waals surface area contributed by atoms with Crippen LogP contribution in [0.3, 0.4) is 0 Å². The van der Waals surface area contributed by atoms with Gasteiger partial charge in [-0.2, -0.15) is 0 Å². The number of carbonyl (C=O) groups is 1. The molecule has 0 radical (unpaired) electrons. The Labute approximate surface area is 157 Å². The number of benzene rings is 1. The highest BCUT2D eigenvalue weighted by molar-refractivity contribution is 5.87. The Hall–Kier alpha value is -2.80. The van der Waals surface area contributed by atoms with Crippen LogP contribution in [0.4, 0.5) is 0 Å². The number of aromatic nitrogens is 2. The van der Waals surface area contributed by atoms with Gasteiger partial charge in [-0.05, 0) is 38.0 Å². The molecule has 0 spiro atoms. The van der Waals surface area contributed by atoms with E-state index in [-0.39, 0.29) is 18.6 Å². The molecule has 1 saturated heterocycles. The zero-order valence-electron chi connectivity index (χ0n) is 15.4. The van der Waals surface area contributed by atoms with Gasteiger partial charge in [-0.3, -0.25) is 9.69 Å². The van der Waals surface area contributed by atoms with Gasteiger partial charge < -0.3 is 19.5 Å². The third-order valence-electron chi connectivity index (χ3n) is 5.15. The van der Waals surface area contributed by atoms with E-state index in [1.807, 2.05) is 42.0 Å². The molecule has 1 fully saturated rings. The average molecular weight is 368 g/mol. The number of rotatable bonds is 6. The molecule has 2 aromatic heterocycles. The molecule has 1 aromatic carbocycles. The molecule has 0 atom stereocenters. The molecule has 1 aliphatic heterocycles. The van der Waals surface area contributed by atoms with E-state index in [9.17, 15) is 4.79 Å². The molecule has 2 N–H and O–H groups in total. The molecule has 1 amide bonds. The van der Waals surface area contributed by atoms with Crippen molar-refractivity contribution < 1.29 is 13.9 Å². The van der Waals surface area contributed by atoms with Crippen molar-refractivity contribution in [2.24, 2.45) is 5.73 Å². The first kappa shape index (κ1) is 17.6. The van der Waals surface area contributed by atoms with Crippen molar-refractivity contribution in [1.29, 1.82) is 0 Å². The predicted octanol–water partition coefficient (Wildman–Crippen LogP) is 2.47. The molecule has 3 heterocycles. The van der Waals surface area contributed by atoms with Gasteiger partial charge in [-0.15, -0.1) is 0 Å². The molecule has 0 aliphatic carbocycles. The number of aryl methyl sites for hydroxylation is 1. The fourth-order valence-corrected chi connectivity index (χ4v) is 3.66. The first-order valence-corrected chi connectivity index (χ1v) is 9.24. The minimum atomic E-state index is -0.353. The quantitative estimate of drug-likeness (QED) is 0.722. The molecular weight excluding hydrogens is 344 g/mol. The summed E-state index contributed by atoms with van der Waals surface area (Å²) in [6.07, 6.45) is 5.51. The fourth-order valence-electron chi connectivity index (χ4n) is 3.66. The van der Waals surface area contributed by atoms with E-state index < -0.39 is 0 Å². The molecule has 1 aliphatic rings. The first-order valence-electron chi connectivity index (χ1n) is 9.24. The molecule has 3 aromatic rings. The number of likely N-dealkylation sites (tertiary alicyclic amines) is 1. The second-order valence-electron chi connectivity index (χ2n) is 7.05. The van der Waals surface area contributed by atoms with Crippen LogP contribution in [0.15, 0.2) is 41.3 Å². The average Bonchev–Trinajstić information content (AvgIpc) is 3.24. The van der Waals surface area contributed by atoms with Crippen LogP contribution in [0.5, 0.6) is 5.75 Å². The largest absolute Gasteiger partial charge is 0.490 e. The monoisotopic (exact) mass is 368 g/mol. The van der Waals surface area contributed by atoms with Crippen molar-refractivity contribution in [3.63, 3.8) is 0 Å². The van der Waals surface area contributed by atoms with E-state index in [4.69, 9.17) is 14.9 Å². The summed E-state index contributed by atoms with van der Waals surface area (Å²) in [6.45, 7) is 4.88. The van der Waals surface area contributed by atoms with Gasteiger partial charge in [0.1, 0.15) is 24.2 Å². The topological polar surface area (TPSA) is 86.5 Å². The lowest BCUT2D eigenvalue weighted by Gasteiger charge is -2.31. The van der Waals surface area contributed by atoms with Gasteiger partial charge in [-0.1, -0.05) is 6.07 Å². The summed E-state index contributed by atoms with van der Waals surface area (Å²) in [5, 5.41) is 1.01. The van der Waals surface area contributed by atoms with Crippen molar-refractivity contribution in [3.8, 4) is 5.75 Å². The van der Waals surface area contributed by atoms with Gasteiger partial charge in [0.2, 0.25) is 5.91 Å². The lowest BCUT2D eigenvalue weighted by Crippen LogP contribution is -2.38. The summed E-state index contributed by atoms with van der Waals surface area (Å²) in [5.41, 5.74) is 7.30. The van der Waals surface area contributed by atoms with E-state index >= 15 is 0 Å². The molecule has 0 saturated carbocycles. The van der Waals surface area contributed by atoms with Crippen molar-refractivity contribution in [2.75, 3.05) is 13.1 Å². The van der Waals surface area contributed by atoms with Crippen LogP contribution in [-0.4, -0.2) is 39.6 Å². The standard InChI is InChI=1S/C20H24N4O3/c1-14-17(22-13-26-14)11-23-8-5-15(6-9-23)27-19-4-2-3-18-16(19)7-10-24(18)12-20(21)25/h2-4,7,10,13,15H,5-6,8-9,11-12H2,1H3,(H2,21,25). The molecule has 4 rings (SSSR count). The molecule has 7 heteroatoms. The van der Waals surface area contributed by atoms with E-state index in [1.165, 1.54) is 6.39 Å². The Kier molecular flexibility index (Phi) is 4.85. The highest BCUT2D eigenvalue weighted by Gasteiger charge is 2.22. The number of nitrogens with two attached hydrogens (primary N) is 1. The maximum Gasteiger partial charge on any atom is 0.237 e. The minimum absolute atomic E-state index is 0.173. The number of piperidine rings is 1. The summed E-state index contributed by atoms with van der Waals surface area (Å²) in [4.78, 5) is 17.9. The Morgan fingerprint density at radius 1 is 1.33 bits per heavy atom. The molecule has 27 heavy (non-hydrogen) atoms. The molecular formula is C20H24N4O3. The molecule has 7 nitrogen and oxygen atoms in total. The number of fused-ring (bicyclic) bond motifs is 1. The number of carbonyl (C=O) groups excluding carboxylic acids is 1. The number of ether oxygens (including phenoxy) is 1. The Bertz CT molecular complexity index is 938. The lowest BCUT2D eigenvalue weighted by atomic mass is 10.1. The van der Waals surface area contributed by atoms with Crippen LogP contribution >= 0.6 is 0 Å². The smallest absolute Gasteiger partial charge is 0.237 e. The maximum atomic E-state index is 11.2. The van der Waals surface area contributed by atoms with E-state index in [2.05, 4.69) is 9.88 Å². The van der Waals surface area contributed by atoms with E-state index in [1.54, 1.807) is 0 Å². The fraction of sp³-hybridized carbons (Fsp3) is 0.400. The van der Waals surface area contributed by atoms with E-state index in [0.29, 0.717) is 0 Å². The first-order chi connectivity index (χ1) is 13.1. The number of hydrogen-bond acceptors (Lipinski definition) is 5. The van der Waals surface area contributed by atoms with Crippen LogP contribution < -0.4 is 10.5 Å². The van der Waals surface area contributed by atoms with Crippen molar-refractivity contribution in [3.05, 3.63) is 48.3 Å². The van der Waals surface area contributed by atoms with Crippen molar-refractivity contribution in [1.82, 2.24) is 14.5 Å². The SMILES string of the molecule is Cc1ocnc1CN1CCC(Oc2cccc3c2ccn3CC(N)=O)CC1. The number of primary amides is 1. The van der Waals surface area contributed by atoms with Gasteiger partial charge in [0.15, 0.2) is 6.39 Å². The minimum Gasteiger partial charge on any atom is -0.490 e. The Morgan fingerprint density at radius 3 is 2.85 bits per heavy atom. The van der Waals surface area contributed by atoms with Crippen molar-refractivity contribution >= 4 is 16.8 Å². The zero-order chi connectivity index (χ0) is 18.8. The Balaban J connectivity index is 1.40. The highest BCUT2D eigenvalue weighted by atomic mass is 16.5. The van der Waals surface area contributed by atoms with Crippen LogP contribution in [0.25, 0.3) is 10.9 Å². The van der Waals surface area contributed by atoms with Crippen LogP contribution in [0.1, 0.15) is 24.3 Å². The van der Waals surface area contributed by atoms with Gasteiger partial charge in [0.05, 0.1) is 11.2 Å². The zero-order valence-corrected chi connectivity index (χ0v) is 15.4. The molecule has 0 unspecified atom stereocenters. The predicted molar refractivity (Wildman–Crippen MR) is 101 cm³/mol. The van der Waals surface area contributed by atoms with Crippen LogP contribution in [0.2, 0.25) is 0 Å². The van der Waals surface area contributed by atoms with Crippen LogP contribution in [-0.2, 0) is 17.9 Å². The third kappa shape index (κ3) is 3.83. The summed E-state index contributed by atoms with van der Waals surface area (Å²) < 4.78 is 13.4. The number of hydrogen-bond donors (Lipinski definition) is 1. The van der Waals surface area contributed by atoms with Gasteiger partial charge in [0, 0.05) is 31.2 Å².